The summed E-state index contributed by atoms with van der Waals surface area (Å²) in [7, 11) is 0. The Labute approximate surface area is 111 Å². The second-order valence-corrected chi connectivity index (χ2v) is 4.39. The van der Waals surface area contributed by atoms with Crippen LogP contribution in [0.25, 0.3) is 0 Å². The summed E-state index contributed by atoms with van der Waals surface area (Å²) in [6.45, 7) is 5.10. The number of rotatable bonds is 5. The van der Waals surface area contributed by atoms with E-state index in [1.54, 1.807) is 18.2 Å². The first-order chi connectivity index (χ1) is 8.02. The van der Waals surface area contributed by atoms with Crippen LogP contribution < -0.4 is 0 Å². The molecule has 1 unspecified atom stereocenters. The number of benzene rings is 1. The molecular weight excluding hydrogens is 261 g/mol. The molecule has 1 rings (SSSR count). The number of aliphatic carboxylic acids is 1. The maximum Gasteiger partial charge on any atom is 0.325 e. The van der Waals surface area contributed by atoms with Crippen LogP contribution in [0.2, 0.25) is 10.0 Å². The molecule has 1 N–H and O–H groups in total. The van der Waals surface area contributed by atoms with Crippen LogP contribution in [0.5, 0.6) is 0 Å². The van der Waals surface area contributed by atoms with Gasteiger partial charge in [-0.2, -0.15) is 0 Å². The van der Waals surface area contributed by atoms with Gasteiger partial charge in [0.15, 0.2) is 0 Å². The van der Waals surface area contributed by atoms with Crippen molar-refractivity contribution in [3.8, 4) is 0 Å². The minimum Gasteiger partial charge on any atom is -0.480 e. The predicted octanol–water partition coefficient (Wildman–Crippen LogP) is 3.46. The Morgan fingerprint density at radius 3 is 2.41 bits per heavy atom. The van der Waals surface area contributed by atoms with E-state index in [1.807, 2.05) is 18.7 Å². The number of nitrogens with zero attached hydrogens (tertiary/aromatic N) is 1. The van der Waals surface area contributed by atoms with E-state index in [9.17, 15) is 9.90 Å². The maximum absolute atomic E-state index is 11.4. The molecule has 1 aromatic carbocycles. The lowest BCUT2D eigenvalue weighted by atomic mass is 10.1. The number of halogens is 2. The zero-order valence-corrected chi connectivity index (χ0v) is 11.3. The first-order valence-corrected chi connectivity index (χ1v) is 6.19. The lowest BCUT2D eigenvalue weighted by molar-refractivity contribution is -0.143. The fourth-order valence-corrected chi connectivity index (χ4v) is 2.22. The number of carboxylic acid groups (broad SMARTS) is 1. The van der Waals surface area contributed by atoms with Crippen LogP contribution in [0.3, 0.4) is 0 Å². The number of likely N-dealkylation sites (N-methyl/N-ethyl adjacent to an activating group) is 1. The third-order valence-electron chi connectivity index (χ3n) is 2.69. The van der Waals surface area contributed by atoms with Gasteiger partial charge in [-0.05, 0) is 19.2 Å². The first kappa shape index (κ1) is 14.3. The monoisotopic (exact) mass is 275 g/mol. The van der Waals surface area contributed by atoms with E-state index in [4.69, 9.17) is 23.2 Å². The van der Waals surface area contributed by atoms with Crippen LogP contribution in [0.1, 0.15) is 25.5 Å². The molecule has 0 fully saturated rings. The highest BCUT2D eigenvalue weighted by Crippen LogP contribution is 2.32. The van der Waals surface area contributed by atoms with Crippen molar-refractivity contribution in [3.63, 3.8) is 0 Å². The zero-order chi connectivity index (χ0) is 13.0. The van der Waals surface area contributed by atoms with Gasteiger partial charge in [0.05, 0.1) is 10.0 Å². The second kappa shape index (κ2) is 6.24. The molecule has 5 heteroatoms. The molecule has 0 radical (unpaired) electrons. The van der Waals surface area contributed by atoms with E-state index in [2.05, 4.69) is 0 Å². The van der Waals surface area contributed by atoms with Crippen LogP contribution in [0.15, 0.2) is 18.2 Å². The lowest BCUT2D eigenvalue weighted by Gasteiger charge is -2.27. The Morgan fingerprint density at radius 2 is 1.94 bits per heavy atom. The fourth-order valence-electron chi connectivity index (χ4n) is 1.81. The van der Waals surface area contributed by atoms with Gasteiger partial charge in [0.1, 0.15) is 6.04 Å². The molecule has 0 aromatic heterocycles. The van der Waals surface area contributed by atoms with E-state index in [0.29, 0.717) is 28.7 Å². The Hall–Kier alpha value is -0.770. The molecular formula is C12H15Cl2NO2. The largest absolute Gasteiger partial charge is 0.480 e. The maximum atomic E-state index is 11.4. The second-order valence-electron chi connectivity index (χ2n) is 3.61. The summed E-state index contributed by atoms with van der Waals surface area (Å²) in [6, 6.07) is 4.30. The Balaban J connectivity index is 3.23. The summed E-state index contributed by atoms with van der Waals surface area (Å²) in [6.07, 6.45) is 0. The average molecular weight is 276 g/mol. The standard InChI is InChI=1S/C12H15Cl2NO2/c1-3-15(4-2)11(12(16)17)8-6-5-7-9(13)10(8)14/h5-7,11H,3-4H2,1-2H3,(H,16,17). The fraction of sp³-hybridized carbons (Fsp3) is 0.417. The summed E-state index contributed by atoms with van der Waals surface area (Å²) in [4.78, 5) is 13.2. The van der Waals surface area contributed by atoms with E-state index in [-0.39, 0.29) is 0 Å². The normalized spacial score (nSPS) is 12.8. The minimum absolute atomic E-state index is 0.313. The number of carbonyl (C=O) groups is 1. The van der Waals surface area contributed by atoms with Gasteiger partial charge in [0.25, 0.3) is 0 Å². The predicted molar refractivity (Wildman–Crippen MR) is 69.8 cm³/mol. The van der Waals surface area contributed by atoms with Gasteiger partial charge in [-0.15, -0.1) is 0 Å². The van der Waals surface area contributed by atoms with Crippen molar-refractivity contribution >= 4 is 29.2 Å². The highest BCUT2D eigenvalue weighted by atomic mass is 35.5. The SMILES string of the molecule is CCN(CC)C(C(=O)O)c1cccc(Cl)c1Cl. The van der Waals surface area contributed by atoms with Crippen LogP contribution in [-0.2, 0) is 4.79 Å². The zero-order valence-electron chi connectivity index (χ0n) is 9.78. The van der Waals surface area contributed by atoms with E-state index in [0.717, 1.165) is 0 Å². The van der Waals surface area contributed by atoms with Crippen LogP contribution in [0.4, 0.5) is 0 Å². The van der Waals surface area contributed by atoms with Gasteiger partial charge >= 0.3 is 5.97 Å². The van der Waals surface area contributed by atoms with Gasteiger partial charge in [-0.1, -0.05) is 49.2 Å². The Morgan fingerprint density at radius 1 is 1.35 bits per heavy atom. The molecule has 1 aromatic rings. The van der Waals surface area contributed by atoms with Crippen LogP contribution in [0, 0.1) is 0 Å². The smallest absolute Gasteiger partial charge is 0.325 e. The number of hydrogen-bond acceptors (Lipinski definition) is 2. The minimum atomic E-state index is -0.919. The average Bonchev–Trinajstić information content (AvgIpc) is 2.30. The van der Waals surface area contributed by atoms with Crippen molar-refractivity contribution in [2.75, 3.05) is 13.1 Å². The van der Waals surface area contributed by atoms with E-state index < -0.39 is 12.0 Å². The quantitative estimate of drug-likeness (QED) is 0.895. The van der Waals surface area contributed by atoms with Gasteiger partial charge in [0, 0.05) is 5.56 Å². The number of hydrogen-bond donors (Lipinski definition) is 1. The highest BCUT2D eigenvalue weighted by Gasteiger charge is 2.27. The third kappa shape index (κ3) is 3.12. The molecule has 0 spiro atoms. The molecule has 0 heterocycles. The third-order valence-corrected chi connectivity index (χ3v) is 3.52. The van der Waals surface area contributed by atoms with Gasteiger partial charge in [-0.3, -0.25) is 9.69 Å². The molecule has 17 heavy (non-hydrogen) atoms. The van der Waals surface area contributed by atoms with E-state index in [1.165, 1.54) is 0 Å². The van der Waals surface area contributed by atoms with Crippen molar-refractivity contribution in [1.82, 2.24) is 4.90 Å². The molecule has 0 aliphatic rings. The molecule has 0 aliphatic carbocycles. The van der Waals surface area contributed by atoms with Gasteiger partial charge in [-0.25, -0.2) is 0 Å². The number of carboxylic acids is 1. The van der Waals surface area contributed by atoms with Gasteiger partial charge < -0.3 is 5.11 Å². The molecule has 0 saturated carbocycles. The Kier molecular flexibility index (Phi) is 5.25. The molecule has 1 atom stereocenters. The van der Waals surface area contributed by atoms with Gasteiger partial charge in [0.2, 0.25) is 0 Å². The van der Waals surface area contributed by atoms with Crippen molar-refractivity contribution in [2.24, 2.45) is 0 Å². The molecule has 0 amide bonds. The molecule has 3 nitrogen and oxygen atoms in total. The molecule has 0 saturated heterocycles. The summed E-state index contributed by atoms with van der Waals surface area (Å²) in [5, 5.41) is 10.0. The summed E-state index contributed by atoms with van der Waals surface area (Å²) in [5.41, 5.74) is 0.537. The summed E-state index contributed by atoms with van der Waals surface area (Å²) >= 11 is 12.0. The highest BCUT2D eigenvalue weighted by molar-refractivity contribution is 6.42. The van der Waals surface area contributed by atoms with Crippen molar-refractivity contribution in [1.29, 1.82) is 0 Å². The molecule has 94 valence electrons. The first-order valence-electron chi connectivity index (χ1n) is 5.43. The van der Waals surface area contributed by atoms with Crippen molar-refractivity contribution in [3.05, 3.63) is 33.8 Å². The topological polar surface area (TPSA) is 40.5 Å². The lowest BCUT2D eigenvalue weighted by Crippen LogP contribution is -2.34. The van der Waals surface area contributed by atoms with Crippen LogP contribution in [-0.4, -0.2) is 29.1 Å². The molecule has 0 bridgehead atoms. The van der Waals surface area contributed by atoms with Crippen molar-refractivity contribution in [2.45, 2.75) is 19.9 Å². The van der Waals surface area contributed by atoms with E-state index >= 15 is 0 Å². The van der Waals surface area contributed by atoms with Crippen molar-refractivity contribution < 1.29 is 9.90 Å². The summed E-state index contributed by atoms with van der Waals surface area (Å²) in [5.74, 6) is -0.919. The summed E-state index contributed by atoms with van der Waals surface area (Å²) < 4.78 is 0. The van der Waals surface area contributed by atoms with Crippen LogP contribution >= 0.6 is 23.2 Å². The Bertz CT molecular complexity index is 405. The molecule has 0 aliphatic heterocycles.